The molecule has 0 saturated carbocycles. The van der Waals surface area contributed by atoms with Gasteiger partial charge in [0.25, 0.3) is 0 Å². The van der Waals surface area contributed by atoms with Crippen molar-refractivity contribution in [2.24, 2.45) is 0 Å². The first-order chi connectivity index (χ1) is 7.72. The molecule has 0 spiro atoms. The molecule has 1 heterocycles. The second-order valence-electron chi connectivity index (χ2n) is 3.60. The lowest BCUT2D eigenvalue weighted by molar-refractivity contribution is -0.139. The fourth-order valence-electron chi connectivity index (χ4n) is 1.73. The van der Waals surface area contributed by atoms with Gasteiger partial charge in [-0.1, -0.05) is 18.2 Å². The second-order valence-corrected chi connectivity index (χ2v) is 4.23. The Hall–Kier alpha value is -1.42. The number of carbonyl (C=O) groups excluding carboxylic acids is 1. The van der Waals surface area contributed by atoms with Crippen LogP contribution in [0.25, 0.3) is 10.9 Å². The molecule has 0 saturated heterocycles. The van der Waals surface area contributed by atoms with Gasteiger partial charge in [-0.3, -0.25) is 4.79 Å². The summed E-state index contributed by atoms with van der Waals surface area (Å²) >= 11 is 4.23. The molecule has 2 rings (SSSR count). The van der Waals surface area contributed by atoms with E-state index in [2.05, 4.69) is 22.3 Å². The quantitative estimate of drug-likeness (QED) is 0.632. The van der Waals surface area contributed by atoms with Crippen LogP contribution in [-0.2, 0) is 16.0 Å². The molecule has 0 fully saturated rings. The van der Waals surface area contributed by atoms with Gasteiger partial charge >= 0.3 is 5.97 Å². The Morgan fingerprint density at radius 1 is 1.50 bits per heavy atom. The van der Waals surface area contributed by atoms with Gasteiger partial charge in [-0.2, -0.15) is 12.6 Å². The highest BCUT2D eigenvalue weighted by Crippen LogP contribution is 2.20. The van der Waals surface area contributed by atoms with Gasteiger partial charge in [-0.25, -0.2) is 0 Å². The number of aromatic amines is 1. The Balaban J connectivity index is 2.24. The number of hydrogen-bond acceptors (Lipinski definition) is 3. The molecule has 0 radical (unpaired) electrons. The molecule has 0 amide bonds. The number of rotatable bonds is 3. The Morgan fingerprint density at radius 2 is 2.25 bits per heavy atom. The highest BCUT2D eigenvalue weighted by molar-refractivity contribution is 7.81. The summed E-state index contributed by atoms with van der Waals surface area (Å²) in [5, 5.41) is 0.717. The van der Waals surface area contributed by atoms with Crippen LogP contribution in [0.1, 0.15) is 5.56 Å². The van der Waals surface area contributed by atoms with Gasteiger partial charge in [0.05, 0.1) is 7.11 Å². The van der Waals surface area contributed by atoms with Gasteiger partial charge in [0.2, 0.25) is 0 Å². The van der Waals surface area contributed by atoms with E-state index in [0.717, 1.165) is 16.5 Å². The fourth-order valence-corrected chi connectivity index (χ4v) is 2.03. The molecule has 1 aromatic carbocycles. The summed E-state index contributed by atoms with van der Waals surface area (Å²) in [5.74, 6) is -0.298. The maximum atomic E-state index is 11.3. The first-order valence-corrected chi connectivity index (χ1v) is 5.55. The van der Waals surface area contributed by atoms with Crippen LogP contribution in [0.15, 0.2) is 30.5 Å². The van der Waals surface area contributed by atoms with Crippen molar-refractivity contribution in [2.75, 3.05) is 7.11 Å². The lowest BCUT2D eigenvalue weighted by atomic mass is 10.1. The molecular formula is C12H13NO2S. The smallest absolute Gasteiger partial charge is 0.318 e. The largest absolute Gasteiger partial charge is 0.468 e. The maximum Gasteiger partial charge on any atom is 0.318 e. The topological polar surface area (TPSA) is 42.1 Å². The summed E-state index contributed by atoms with van der Waals surface area (Å²) in [6.45, 7) is 0. The number of ether oxygens (including phenoxy) is 1. The third-order valence-electron chi connectivity index (χ3n) is 2.56. The van der Waals surface area contributed by atoms with Gasteiger partial charge in [-0.05, 0) is 18.1 Å². The summed E-state index contributed by atoms with van der Waals surface area (Å²) in [6.07, 6.45) is 2.48. The summed E-state index contributed by atoms with van der Waals surface area (Å²) in [7, 11) is 1.38. The highest BCUT2D eigenvalue weighted by atomic mass is 32.1. The molecule has 0 unspecified atom stereocenters. The van der Waals surface area contributed by atoms with Crippen molar-refractivity contribution in [3.63, 3.8) is 0 Å². The Labute approximate surface area is 99.2 Å². The van der Waals surface area contributed by atoms with E-state index in [4.69, 9.17) is 0 Å². The molecule has 1 atom stereocenters. The predicted octanol–water partition coefficient (Wildman–Crippen LogP) is 2.18. The van der Waals surface area contributed by atoms with Crippen molar-refractivity contribution in [1.29, 1.82) is 0 Å². The molecule has 0 aliphatic rings. The molecule has 16 heavy (non-hydrogen) atoms. The van der Waals surface area contributed by atoms with Crippen molar-refractivity contribution in [3.8, 4) is 0 Å². The Kier molecular flexibility index (Phi) is 3.19. The van der Waals surface area contributed by atoms with Crippen LogP contribution in [0.4, 0.5) is 0 Å². The molecule has 0 aliphatic heterocycles. The van der Waals surface area contributed by atoms with Crippen molar-refractivity contribution in [3.05, 3.63) is 36.0 Å². The minimum atomic E-state index is -0.413. The summed E-state index contributed by atoms with van der Waals surface area (Å²) in [5.41, 5.74) is 2.16. The predicted molar refractivity (Wildman–Crippen MR) is 66.8 cm³/mol. The third-order valence-corrected chi connectivity index (χ3v) is 2.95. The maximum absolute atomic E-state index is 11.3. The molecule has 84 valence electrons. The van der Waals surface area contributed by atoms with Gasteiger partial charge in [-0.15, -0.1) is 0 Å². The summed E-state index contributed by atoms with van der Waals surface area (Å²) in [4.78, 5) is 14.4. The number of methoxy groups -OCH3 is 1. The zero-order valence-electron chi connectivity index (χ0n) is 8.93. The van der Waals surface area contributed by atoms with Crippen LogP contribution >= 0.6 is 12.6 Å². The van der Waals surface area contributed by atoms with Crippen LogP contribution < -0.4 is 0 Å². The molecule has 4 heteroatoms. The Morgan fingerprint density at radius 3 is 3.00 bits per heavy atom. The number of H-pyrrole nitrogens is 1. The van der Waals surface area contributed by atoms with E-state index < -0.39 is 5.25 Å². The third kappa shape index (κ3) is 2.07. The Bertz CT molecular complexity index is 506. The average molecular weight is 235 g/mol. The van der Waals surface area contributed by atoms with Crippen molar-refractivity contribution < 1.29 is 9.53 Å². The van der Waals surface area contributed by atoms with Crippen LogP contribution in [-0.4, -0.2) is 23.3 Å². The molecule has 1 N–H and O–H groups in total. The van der Waals surface area contributed by atoms with Crippen LogP contribution in [0.5, 0.6) is 0 Å². The zero-order valence-corrected chi connectivity index (χ0v) is 9.83. The van der Waals surface area contributed by atoms with E-state index in [0.29, 0.717) is 6.42 Å². The monoisotopic (exact) mass is 235 g/mol. The molecule has 2 aromatic rings. The van der Waals surface area contributed by atoms with E-state index in [-0.39, 0.29) is 5.97 Å². The van der Waals surface area contributed by atoms with Crippen molar-refractivity contribution >= 4 is 29.5 Å². The second kappa shape index (κ2) is 4.61. The van der Waals surface area contributed by atoms with Gasteiger partial charge in [0, 0.05) is 17.1 Å². The lowest BCUT2D eigenvalue weighted by Crippen LogP contribution is -2.18. The number of thiol groups is 1. The number of fused-ring (bicyclic) bond motifs is 1. The summed E-state index contributed by atoms with van der Waals surface area (Å²) in [6, 6.07) is 7.98. The van der Waals surface area contributed by atoms with Crippen LogP contribution in [0.2, 0.25) is 0 Å². The molecule has 0 bridgehead atoms. The number of hydrogen-bond donors (Lipinski definition) is 2. The van der Waals surface area contributed by atoms with E-state index in [1.165, 1.54) is 7.11 Å². The SMILES string of the molecule is COC(=O)[C@@H](S)Cc1c[nH]c2ccccc12. The van der Waals surface area contributed by atoms with E-state index >= 15 is 0 Å². The first-order valence-electron chi connectivity index (χ1n) is 5.03. The number of carbonyl (C=O) groups is 1. The summed E-state index contributed by atoms with van der Waals surface area (Å²) < 4.78 is 4.65. The van der Waals surface area contributed by atoms with Crippen LogP contribution in [0, 0.1) is 0 Å². The van der Waals surface area contributed by atoms with Gasteiger partial charge in [0.15, 0.2) is 0 Å². The van der Waals surface area contributed by atoms with Gasteiger partial charge < -0.3 is 9.72 Å². The minimum Gasteiger partial charge on any atom is -0.468 e. The molecule has 1 aromatic heterocycles. The van der Waals surface area contributed by atoms with E-state index in [1.54, 1.807) is 0 Å². The number of para-hydroxylation sites is 1. The molecule has 3 nitrogen and oxygen atoms in total. The van der Waals surface area contributed by atoms with E-state index in [9.17, 15) is 4.79 Å². The van der Waals surface area contributed by atoms with Crippen molar-refractivity contribution in [1.82, 2.24) is 4.98 Å². The molecular weight excluding hydrogens is 222 g/mol. The average Bonchev–Trinajstić information content (AvgIpc) is 2.72. The zero-order chi connectivity index (χ0) is 11.5. The minimum absolute atomic E-state index is 0.298. The number of nitrogens with one attached hydrogen (secondary N) is 1. The standard InChI is InChI=1S/C12H13NO2S/c1-15-12(14)11(16)6-8-7-13-10-5-3-2-4-9(8)10/h2-5,7,11,13,16H,6H2,1H3/t11-/m0/s1. The lowest BCUT2D eigenvalue weighted by Gasteiger charge is -2.06. The van der Waals surface area contributed by atoms with Crippen molar-refractivity contribution in [2.45, 2.75) is 11.7 Å². The number of esters is 1. The first kappa shape index (κ1) is 11.1. The molecule has 0 aliphatic carbocycles. The normalized spacial score (nSPS) is 12.6. The number of aromatic nitrogens is 1. The van der Waals surface area contributed by atoms with E-state index in [1.807, 2.05) is 30.5 Å². The van der Waals surface area contributed by atoms with Gasteiger partial charge in [0.1, 0.15) is 5.25 Å². The number of benzene rings is 1. The van der Waals surface area contributed by atoms with Crippen LogP contribution in [0.3, 0.4) is 0 Å². The highest BCUT2D eigenvalue weighted by Gasteiger charge is 2.16. The fraction of sp³-hybridized carbons (Fsp3) is 0.250.